The summed E-state index contributed by atoms with van der Waals surface area (Å²) in [5.74, 6) is 1.74. The summed E-state index contributed by atoms with van der Waals surface area (Å²) in [6.45, 7) is 11.4. The Balaban J connectivity index is 1.37. The summed E-state index contributed by atoms with van der Waals surface area (Å²) in [5.41, 5.74) is 3.24. The predicted molar refractivity (Wildman–Crippen MR) is 155 cm³/mol. The van der Waals surface area contributed by atoms with Crippen molar-refractivity contribution >= 4 is 34.4 Å². The number of fused-ring (bicyclic) bond motifs is 1. The van der Waals surface area contributed by atoms with Crippen LogP contribution in [0, 0.1) is 12.8 Å². The summed E-state index contributed by atoms with van der Waals surface area (Å²) in [5, 5.41) is 14.4. The number of nitrogens with zero attached hydrogens (tertiary/aromatic N) is 5. The molecule has 1 saturated heterocycles. The van der Waals surface area contributed by atoms with Gasteiger partial charge in [-0.1, -0.05) is 44.0 Å². The number of rotatable bonds is 9. The molecule has 1 aromatic carbocycles. The van der Waals surface area contributed by atoms with Crippen molar-refractivity contribution in [3.05, 3.63) is 63.2 Å². The highest BCUT2D eigenvalue weighted by atomic mass is 35.5. The Morgan fingerprint density at radius 3 is 2.69 bits per heavy atom. The van der Waals surface area contributed by atoms with Gasteiger partial charge in [0.05, 0.1) is 17.5 Å². The second-order valence-corrected chi connectivity index (χ2v) is 10.7. The highest BCUT2D eigenvalue weighted by Gasteiger charge is 2.23. The van der Waals surface area contributed by atoms with Crippen LogP contribution in [0.5, 0.6) is 0 Å². The molecule has 0 aliphatic carbocycles. The third kappa shape index (κ3) is 6.08. The second-order valence-electron chi connectivity index (χ2n) is 10.2. The van der Waals surface area contributed by atoms with Gasteiger partial charge in [-0.05, 0) is 36.6 Å². The minimum Gasteiger partial charge on any atom is -0.387 e. The molecule has 3 aromatic heterocycles. The van der Waals surface area contributed by atoms with Gasteiger partial charge in [0.25, 0.3) is 5.56 Å². The lowest BCUT2D eigenvalue weighted by molar-refractivity contribution is 0.191. The van der Waals surface area contributed by atoms with Crippen molar-refractivity contribution in [1.82, 2.24) is 29.8 Å². The quantitative estimate of drug-likeness (QED) is 0.246. The molecule has 4 N–H and O–H groups in total. The molecule has 0 radical (unpaired) electrons. The molecule has 4 aromatic rings. The van der Waals surface area contributed by atoms with E-state index in [2.05, 4.69) is 38.9 Å². The van der Waals surface area contributed by atoms with E-state index in [1.807, 2.05) is 6.92 Å². The Morgan fingerprint density at radius 1 is 1.15 bits per heavy atom. The van der Waals surface area contributed by atoms with Crippen molar-refractivity contribution in [2.24, 2.45) is 5.92 Å². The van der Waals surface area contributed by atoms with Crippen LogP contribution in [0.2, 0.25) is 5.02 Å². The maximum Gasteiger partial charge on any atom is 0.261 e. The molecule has 1 fully saturated rings. The van der Waals surface area contributed by atoms with E-state index in [1.165, 1.54) is 6.42 Å². The van der Waals surface area contributed by atoms with E-state index in [1.54, 1.807) is 36.5 Å². The summed E-state index contributed by atoms with van der Waals surface area (Å²) in [6, 6.07) is 8.82. The number of benzene rings is 1. The molecule has 2 atom stereocenters. The standard InChI is InChI=1S/C28H35ClN8O2/c1-4-17(2)16-36-10-12-37(13-11-36)28-32-18(3)24-26(35-28)34-25(33-24)23-21(8-9-30-27(23)39)31-15-22(38)19-6-5-7-20(29)14-19/h5-9,14,17,22,38H,4,10-13,15-16H2,1-3H3,(H2,30,31,39)(H,32,33,34,35)/t17?,22-/m0/s1. The van der Waals surface area contributed by atoms with Crippen LogP contribution in [-0.4, -0.2) is 74.2 Å². The van der Waals surface area contributed by atoms with Crippen LogP contribution in [0.15, 0.2) is 41.3 Å². The first-order chi connectivity index (χ1) is 18.8. The van der Waals surface area contributed by atoms with E-state index in [-0.39, 0.29) is 12.1 Å². The van der Waals surface area contributed by atoms with Crippen LogP contribution in [0.25, 0.3) is 22.6 Å². The van der Waals surface area contributed by atoms with Gasteiger partial charge in [-0.3, -0.25) is 9.69 Å². The number of halogens is 1. The largest absolute Gasteiger partial charge is 0.387 e. The number of H-pyrrole nitrogens is 2. The van der Waals surface area contributed by atoms with Crippen LogP contribution in [0.4, 0.5) is 11.6 Å². The van der Waals surface area contributed by atoms with Gasteiger partial charge < -0.3 is 25.3 Å². The van der Waals surface area contributed by atoms with E-state index in [9.17, 15) is 9.90 Å². The molecule has 1 aliphatic heterocycles. The minimum absolute atomic E-state index is 0.184. The SMILES string of the molecule is CCC(C)CN1CCN(c2nc(C)c3[nH]c(-c4c(NC[C@H](O)c5cccc(Cl)c5)cc[nH]c4=O)nc3n2)CC1. The number of aromatic nitrogens is 5. The lowest BCUT2D eigenvalue weighted by Gasteiger charge is -2.35. The number of hydrogen-bond acceptors (Lipinski definition) is 8. The highest BCUT2D eigenvalue weighted by Crippen LogP contribution is 2.27. The molecular formula is C28H35ClN8O2. The molecule has 0 bridgehead atoms. The maximum atomic E-state index is 12.9. The van der Waals surface area contributed by atoms with Gasteiger partial charge in [-0.2, -0.15) is 4.98 Å². The number of aryl methyl sites for hydroxylation is 1. The lowest BCUT2D eigenvalue weighted by Crippen LogP contribution is -2.48. The Morgan fingerprint density at radius 2 is 1.95 bits per heavy atom. The monoisotopic (exact) mass is 550 g/mol. The number of pyridine rings is 1. The number of aliphatic hydroxyl groups is 1. The molecule has 4 heterocycles. The van der Waals surface area contributed by atoms with Crippen molar-refractivity contribution < 1.29 is 5.11 Å². The van der Waals surface area contributed by atoms with Gasteiger partial charge in [0, 0.05) is 50.5 Å². The zero-order valence-corrected chi connectivity index (χ0v) is 23.3. The molecule has 39 heavy (non-hydrogen) atoms. The maximum absolute atomic E-state index is 12.9. The average molecular weight is 551 g/mol. The lowest BCUT2D eigenvalue weighted by atomic mass is 10.1. The number of aromatic amines is 2. The summed E-state index contributed by atoms with van der Waals surface area (Å²) < 4.78 is 0. The molecule has 206 valence electrons. The third-order valence-corrected chi connectivity index (χ3v) is 7.59. The minimum atomic E-state index is -0.812. The summed E-state index contributed by atoms with van der Waals surface area (Å²) in [6.07, 6.45) is 1.94. The normalized spacial score (nSPS) is 16.0. The van der Waals surface area contributed by atoms with E-state index in [0.717, 1.165) is 38.4 Å². The topological polar surface area (TPSA) is 126 Å². The number of nitrogens with one attached hydrogen (secondary N) is 3. The third-order valence-electron chi connectivity index (χ3n) is 7.36. The first-order valence-corrected chi connectivity index (χ1v) is 13.8. The first kappa shape index (κ1) is 27.1. The smallest absolute Gasteiger partial charge is 0.261 e. The predicted octanol–water partition coefficient (Wildman–Crippen LogP) is 3.98. The van der Waals surface area contributed by atoms with Gasteiger partial charge in [0.15, 0.2) is 5.65 Å². The van der Waals surface area contributed by atoms with Gasteiger partial charge in [0.2, 0.25) is 5.95 Å². The number of aliphatic hydroxyl groups excluding tert-OH is 1. The average Bonchev–Trinajstić information content (AvgIpc) is 3.36. The molecule has 11 heteroatoms. The van der Waals surface area contributed by atoms with Gasteiger partial charge in [-0.15, -0.1) is 0 Å². The second kappa shape index (κ2) is 11.7. The summed E-state index contributed by atoms with van der Waals surface area (Å²) >= 11 is 6.07. The molecule has 0 amide bonds. The fourth-order valence-electron chi connectivity index (χ4n) is 4.88. The van der Waals surface area contributed by atoms with Gasteiger partial charge >= 0.3 is 0 Å². The van der Waals surface area contributed by atoms with Gasteiger partial charge in [0.1, 0.15) is 16.9 Å². The molecule has 10 nitrogen and oxygen atoms in total. The zero-order valence-electron chi connectivity index (χ0n) is 22.5. The number of hydrogen-bond donors (Lipinski definition) is 4. The van der Waals surface area contributed by atoms with E-state index in [0.29, 0.717) is 50.7 Å². The molecule has 0 spiro atoms. The van der Waals surface area contributed by atoms with Crippen molar-refractivity contribution in [2.45, 2.75) is 33.3 Å². The van der Waals surface area contributed by atoms with Crippen LogP contribution in [0.1, 0.15) is 37.6 Å². The first-order valence-electron chi connectivity index (χ1n) is 13.4. The Bertz CT molecular complexity index is 1490. The Hall–Kier alpha value is -3.47. The van der Waals surface area contributed by atoms with Crippen LogP contribution in [0.3, 0.4) is 0 Å². The van der Waals surface area contributed by atoms with Crippen molar-refractivity contribution in [1.29, 1.82) is 0 Å². The van der Waals surface area contributed by atoms with Crippen LogP contribution in [-0.2, 0) is 0 Å². The van der Waals surface area contributed by atoms with E-state index < -0.39 is 6.10 Å². The molecule has 1 unspecified atom stereocenters. The number of piperazine rings is 1. The fraction of sp³-hybridized carbons (Fsp3) is 0.429. The number of imidazole rings is 1. The van der Waals surface area contributed by atoms with E-state index >= 15 is 0 Å². The zero-order chi connectivity index (χ0) is 27.5. The highest BCUT2D eigenvalue weighted by molar-refractivity contribution is 6.30. The van der Waals surface area contributed by atoms with Crippen LogP contribution >= 0.6 is 11.6 Å². The van der Waals surface area contributed by atoms with Crippen molar-refractivity contribution in [3.63, 3.8) is 0 Å². The van der Waals surface area contributed by atoms with Crippen LogP contribution < -0.4 is 15.8 Å². The molecular weight excluding hydrogens is 516 g/mol. The Labute approximate surface area is 232 Å². The number of anilines is 2. The summed E-state index contributed by atoms with van der Waals surface area (Å²) in [7, 11) is 0. The Kier molecular flexibility index (Phi) is 8.15. The molecule has 0 saturated carbocycles. The fourth-order valence-corrected chi connectivity index (χ4v) is 5.08. The summed E-state index contributed by atoms with van der Waals surface area (Å²) in [4.78, 5) is 37.8. The molecule has 1 aliphatic rings. The molecule has 5 rings (SSSR count). The van der Waals surface area contributed by atoms with E-state index in [4.69, 9.17) is 26.6 Å². The van der Waals surface area contributed by atoms with Gasteiger partial charge in [-0.25, -0.2) is 9.97 Å². The van der Waals surface area contributed by atoms with Crippen molar-refractivity contribution in [3.8, 4) is 11.4 Å². The van der Waals surface area contributed by atoms with Crippen molar-refractivity contribution in [2.75, 3.05) is 49.5 Å².